The topological polar surface area (TPSA) is 52.6 Å². The van der Waals surface area contributed by atoms with E-state index in [1.54, 1.807) is 23.5 Å². The molecule has 0 unspecified atom stereocenters. The maximum Gasteiger partial charge on any atom is 0.345 e. The summed E-state index contributed by atoms with van der Waals surface area (Å²) in [5.41, 5.74) is 0. The Morgan fingerprint density at radius 3 is 1.21 bits per heavy atom. The van der Waals surface area contributed by atoms with Crippen LogP contribution in [0.3, 0.4) is 0 Å². The average molecular weight is 525 g/mol. The van der Waals surface area contributed by atoms with Gasteiger partial charge in [-0.25, -0.2) is 9.59 Å². The Morgan fingerprint density at radius 1 is 0.588 bits per heavy atom. The van der Waals surface area contributed by atoms with Crippen molar-refractivity contribution in [2.75, 3.05) is 14.2 Å². The lowest BCUT2D eigenvalue weighted by Gasteiger charge is -2.11. The van der Waals surface area contributed by atoms with Crippen LogP contribution >= 0.6 is 47.0 Å². The van der Waals surface area contributed by atoms with Crippen LogP contribution in [0.1, 0.15) is 13.8 Å². The molecule has 0 aromatic heterocycles. The Kier molecular flexibility index (Phi) is 6.50. The van der Waals surface area contributed by atoms with Crippen molar-refractivity contribution < 1.29 is 19.1 Å². The summed E-state index contributed by atoms with van der Waals surface area (Å²) in [6.45, 7) is 3.92. The summed E-state index contributed by atoms with van der Waals surface area (Å²) in [5, 5.41) is 6.70. The first kappa shape index (κ1) is 23.5. The quantitative estimate of drug-likeness (QED) is 0.304. The van der Waals surface area contributed by atoms with Gasteiger partial charge in [-0.05, 0) is 35.4 Å². The van der Waals surface area contributed by atoms with E-state index < -0.39 is 0 Å². The monoisotopic (exact) mass is 524 g/mol. The molecule has 0 radical (unpaired) electrons. The fraction of sp³-hybridized carbons (Fsp3) is 0.154. The number of thioether (sulfide) groups is 4. The van der Waals surface area contributed by atoms with Gasteiger partial charge in [-0.15, -0.1) is 0 Å². The Labute approximate surface area is 213 Å². The minimum Gasteiger partial charge on any atom is -0.465 e. The van der Waals surface area contributed by atoms with E-state index >= 15 is 0 Å². The van der Waals surface area contributed by atoms with E-state index in [0.29, 0.717) is 9.81 Å². The highest BCUT2D eigenvalue weighted by Crippen LogP contribution is 2.51. The summed E-state index contributed by atoms with van der Waals surface area (Å²) in [6.07, 6.45) is 0. The number of fused-ring (bicyclic) bond motifs is 2. The maximum atomic E-state index is 12.3. The van der Waals surface area contributed by atoms with Crippen LogP contribution in [0.2, 0.25) is 0 Å². The van der Waals surface area contributed by atoms with Gasteiger partial charge in [0.15, 0.2) is 0 Å². The van der Waals surface area contributed by atoms with Crippen LogP contribution in [0.15, 0.2) is 68.2 Å². The van der Waals surface area contributed by atoms with Crippen LogP contribution in [-0.4, -0.2) is 26.2 Å². The first-order chi connectivity index (χ1) is 16.4. The van der Waals surface area contributed by atoms with Gasteiger partial charge < -0.3 is 9.47 Å². The van der Waals surface area contributed by atoms with Crippen molar-refractivity contribution in [1.29, 1.82) is 0 Å². The van der Waals surface area contributed by atoms with Crippen molar-refractivity contribution in [1.82, 2.24) is 0 Å². The van der Waals surface area contributed by atoms with Gasteiger partial charge in [0.1, 0.15) is 9.81 Å². The molecule has 0 saturated carbocycles. The summed E-state index contributed by atoms with van der Waals surface area (Å²) in [7, 11) is 2.83. The molecule has 34 heavy (non-hydrogen) atoms. The molecule has 0 saturated heterocycles. The first-order valence-corrected chi connectivity index (χ1v) is 13.7. The van der Waals surface area contributed by atoms with E-state index in [1.807, 2.05) is 38.1 Å². The number of carbonyl (C=O) groups excluding carboxylic acids is 2. The molecule has 2 aliphatic heterocycles. The zero-order valence-corrected chi connectivity index (χ0v) is 22.2. The minimum absolute atomic E-state index is 0.304. The predicted molar refractivity (Wildman–Crippen MR) is 147 cm³/mol. The van der Waals surface area contributed by atoms with Crippen LogP contribution in [0, 0.1) is 0 Å². The second-order valence-corrected chi connectivity index (χ2v) is 12.6. The molecule has 5 rings (SSSR count). The summed E-state index contributed by atoms with van der Waals surface area (Å²) in [4.78, 5) is 27.8. The van der Waals surface area contributed by atoms with Gasteiger partial charge in [0.25, 0.3) is 0 Å². The molecule has 2 heterocycles. The van der Waals surface area contributed by atoms with E-state index in [-0.39, 0.29) is 11.9 Å². The van der Waals surface area contributed by atoms with E-state index in [4.69, 9.17) is 9.47 Å². The Bertz CT molecular complexity index is 1400. The van der Waals surface area contributed by atoms with Gasteiger partial charge in [0.2, 0.25) is 0 Å². The third-order valence-electron chi connectivity index (χ3n) is 5.60. The Morgan fingerprint density at radius 2 is 0.912 bits per heavy atom. The SMILES string of the molecule is COC(=O)C1=C(C)SC(=c2c3ccccc3c(=C3SC(C)=C(C(=O)OC)S3)c3ccccc23)S1. The fourth-order valence-corrected chi connectivity index (χ4v) is 9.34. The van der Waals surface area contributed by atoms with Crippen molar-refractivity contribution in [3.05, 3.63) is 78.6 Å². The molecule has 3 aromatic carbocycles. The van der Waals surface area contributed by atoms with Gasteiger partial charge in [0.05, 0.1) is 22.7 Å². The lowest BCUT2D eigenvalue weighted by Crippen LogP contribution is -2.17. The van der Waals surface area contributed by atoms with E-state index in [1.165, 1.54) is 37.7 Å². The van der Waals surface area contributed by atoms with Crippen molar-refractivity contribution in [2.24, 2.45) is 0 Å². The molecule has 0 aliphatic carbocycles. The third kappa shape index (κ3) is 3.86. The number of hydrogen-bond acceptors (Lipinski definition) is 8. The molecule has 4 nitrogen and oxygen atoms in total. The van der Waals surface area contributed by atoms with E-state index in [9.17, 15) is 9.59 Å². The summed E-state index contributed by atoms with van der Waals surface area (Å²) < 4.78 is 12.1. The molecule has 2 aliphatic rings. The number of carbonyl (C=O) groups is 2. The molecule has 0 spiro atoms. The van der Waals surface area contributed by atoms with Crippen LogP contribution in [-0.2, 0) is 19.1 Å². The molecule has 172 valence electrons. The fourth-order valence-electron chi connectivity index (χ4n) is 4.07. The molecule has 0 atom stereocenters. The van der Waals surface area contributed by atoms with Gasteiger partial charge in [-0.3, -0.25) is 0 Å². The van der Waals surface area contributed by atoms with Gasteiger partial charge in [-0.1, -0.05) is 95.6 Å². The van der Waals surface area contributed by atoms with Crippen LogP contribution in [0.4, 0.5) is 0 Å². The largest absolute Gasteiger partial charge is 0.465 e. The molecule has 0 fully saturated rings. The summed E-state index contributed by atoms with van der Waals surface area (Å²) in [5.74, 6) is -0.608. The molecule has 0 amide bonds. The maximum absolute atomic E-state index is 12.3. The highest BCUT2D eigenvalue weighted by Gasteiger charge is 2.28. The highest BCUT2D eigenvalue weighted by atomic mass is 32.2. The molecule has 3 aromatic rings. The number of ether oxygens (including phenoxy) is 2. The summed E-state index contributed by atoms with van der Waals surface area (Å²) in [6, 6.07) is 16.7. The van der Waals surface area contributed by atoms with Gasteiger partial charge in [0, 0.05) is 20.2 Å². The number of rotatable bonds is 2. The zero-order chi connectivity index (χ0) is 24.0. The number of allylic oxidation sites excluding steroid dienone is 2. The smallest absolute Gasteiger partial charge is 0.345 e. The van der Waals surface area contributed by atoms with Crippen molar-refractivity contribution in [3.63, 3.8) is 0 Å². The third-order valence-corrected chi connectivity index (χ3v) is 10.8. The zero-order valence-electron chi connectivity index (χ0n) is 18.9. The molecule has 0 N–H and O–H groups in total. The molecular formula is C26H20O4S4. The number of methoxy groups -OCH3 is 2. The van der Waals surface area contributed by atoms with E-state index in [0.717, 1.165) is 50.3 Å². The average Bonchev–Trinajstić information content (AvgIpc) is 3.43. The highest BCUT2D eigenvalue weighted by molar-refractivity contribution is 8.36. The van der Waals surface area contributed by atoms with Crippen LogP contribution in [0.5, 0.6) is 0 Å². The first-order valence-electron chi connectivity index (χ1n) is 10.4. The van der Waals surface area contributed by atoms with Crippen molar-refractivity contribution in [3.8, 4) is 0 Å². The normalized spacial score (nSPS) is 16.2. The van der Waals surface area contributed by atoms with Crippen LogP contribution < -0.4 is 10.4 Å². The standard InChI is InChI=1S/C26H20O4S4/c1-13-21(23(27)29-3)33-25(31-13)19-15-9-5-7-11-17(15)20(18-12-8-6-10-16(18)19)26-32-14(2)22(34-26)24(28)30-4/h5-12H,1-4H3. The molecular weight excluding hydrogens is 505 g/mol. The molecule has 8 heteroatoms. The van der Waals surface area contributed by atoms with Crippen molar-refractivity contribution in [2.45, 2.75) is 13.8 Å². The van der Waals surface area contributed by atoms with Gasteiger partial charge >= 0.3 is 11.9 Å². The van der Waals surface area contributed by atoms with Crippen molar-refractivity contribution >= 4 is 89.0 Å². The Balaban J connectivity index is 1.86. The Hall–Kier alpha value is -2.26. The lowest BCUT2D eigenvalue weighted by molar-refractivity contribution is -0.136. The van der Waals surface area contributed by atoms with Gasteiger partial charge in [-0.2, -0.15) is 0 Å². The second kappa shape index (κ2) is 9.41. The van der Waals surface area contributed by atoms with E-state index in [2.05, 4.69) is 24.3 Å². The number of esters is 2. The number of hydrogen-bond donors (Lipinski definition) is 0. The molecule has 0 bridgehead atoms. The van der Waals surface area contributed by atoms with Crippen LogP contribution in [0.25, 0.3) is 30.0 Å². The minimum atomic E-state index is -0.304. The summed E-state index contributed by atoms with van der Waals surface area (Å²) >= 11 is 6.19. The number of benzene rings is 3. The second-order valence-electron chi connectivity index (χ2n) is 7.58. The lowest BCUT2D eigenvalue weighted by atomic mass is 9.99. The predicted octanol–water partition coefficient (Wildman–Crippen LogP) is 5.89.